The van der Waals surface area contributed by atoms with Gasteiger partial charge in [0.05, 0.1) is 25.4 Å². The van der Waals surface area contributed by atoms with E-state index >= 15 is 0 Å². The number of aliphatic hydroxyl groups is 2. The van der Waals surface area contributed by atoms with Crippen LogP contribution in [0.1, 0.15) is 98.8 Å². The molecule has 3 fully saturated rings. The first-order valence-electron chi connectivity index (χ1n) is 13.8. The van der Waals surface area contributed by atoms with Crippen LogP contribution in [-0.4, -0.2) is 35.6 Å². The fourth-order valence-electron chi connectivity index (χ4n) is 9.14. The first-order chi connectivity index (χ1) is 15.2. The minimum absolute atomic E-state index is 0.0274. The van der Waals surface area contributed by atoms with Crippen LogP contribution in [0.3, 0.4) is 0 Å². The highest BCUT2D eigenvalue weighted by molar-refractivity contribution is 5.28. The van der Waals surface area contributed by atoms with Crippen LogP contribution in [0.25, 0.3) is 0 Å². The Labute approximate surface area is 197 Å². The molecule has 184 valence electrons. The zero-order valence-corrected chi connectivity index (χ0v) is 21.5. The van der Waals surface area contributed by atoms with E-state index in [1.54, 1.807) is 0 Å². The Morgan fingerprint density at radius 1 is 1.09 bits per heavy atom. The number of hydrogen-bond acceptors (Lipinski definition) is 3. The molecule has 4 rings (SSSR count). The molecule has 2 N–H and O–H groups in total. The first-order valence-corrected chi connectivity index (χ1v) is 13.8. The molecule has 0 bridgehead atoms. The van der Waals surface area contributed by atoms with Gasteiger partial charge in [0.1, 0.15) is 0 Å². The lowest BCUT2D eigenvalue weighted by atomic mass is 9.46. The van der Waals surface area contributed by atoms with Crippen molar-refractivity contribution in [2.75, 3.05) is 13.2 Å². The predicted molar refractivity (Wildman–Crippen MR) is 131 cm³/mol. The zero-order chi connectivity index (χ0) is 23.1. The van der Waals surface area contributed by atoms with Gasteiger partial charge in [0.2, 0.25) is 0 Å². The molecule has 0 aromatic carbocycles. The van der Waals surface area contributed by atoms with Crippen LogP contribution in [0, 0.1) is 46.3 Å². The van der Waals surface area contributed by atoms with Gasteiger partial charge in [-0.25, -0.2) is 0 Å². The summed E-state index contributed by atoms with van der Waals surface area (Å²) < 4.78 is 6.23. The lowest BCUT2D eigenvalue weighted by Crippen LogP contribution is -2.56. The Bertz CT molecular complexity index is 671. The molecule has 3 heteroatoms. The third-order valence-corrected chi connectivity index (χ3v) is 10.8. The van der Waals surface area contributed by atoms with Gasteiger partial charge in [-0.2, -0.15) is 0 Å². The minimum Gasteiger partial charge on any atom is -0.394 e. The van der Waals surface area contributed by atoms with E-state index in [9.17, 15) is 10.2 Å². The average Bonchev–Trinajstić information content (AvgIpc) is 3.09. The molecule has 0 spiro atoms. The van der Waals surface area contributed by atoms with Gasteiger partial charge < -0.3 is 14.9 Å². The van der Waals surface area contributed by atoms with E-state index in [2.05, 4.69) is 40.7 Å². The van der Waals surface area contributed by atoms with Crippen LogP contribution in [0.2, 0.25) is 0 Å². The van der Waals surface area contributed by atoms with Crippen LogP contribution >= 0.6 is 0 Å². The van der Waals surface area contributed by atoms with Crippen LogP contribution in [0.5, 0.6) is 0 Å². The predicted octanol–water partition coefficient (Wildman–Crippen LogP) is 6.38. The topological polar surface area (TPSA) is 49.7 Å². The number of rotatable bonds is 8. The van der Waals surface area contributed by atoms with E-state index in [1.165, 1.54) is 56.9 Å². The van der Waals surface area contributed by atoms with Crippen LogP contribution in [0.4, 0.5) is 0 Å². The van der Waals surface area contributed by atoms with Gasteiger partial charge >= 0.3 is 0 Å². The summed E-state index contributed by atoms with van der Waals surface area (Å²) in [7, 11) is 0. The highest BCUT2D eigenvalue weighted by atomic mass is 16.5. The van der Waals surface area contributed by atoms with Gasteiger partial charge in [0, 0.05) is 11.8 Å². The molecule has 0 saturated heterocycles. The molecule has 1 unspecified atom stereocenters. The van der Waals surface area contributed by atoms with Gasteiger partial charge in [-0.3, -0.25) is 0 Å². The summed E-state index contributed by atoms with van der Waals surface area (Å²) in [5.41, 5.74) is 1.97. The maximum absolute atomic E-state index is 10.5. The molecule has 4 aliphatic rings. The van der Waals surface area contributed by atoms with Gasteiger partial charge in [-0.05, 0) is 79.4 Å². The summed E-state index contributed by atoms with van der Waals surface area (Å²) in [5, 5.41) is 19.9. The Hall–Kier alpha value is -0.380. The maximum Gasteiger partial charge on any atom is 0.0701 e. The van der Waals surface area contributed by atoms with Crippen molar-refractivity contribution in [1.29, 1.82) is 0 Å². The van der Waals surface area contributed by atoms with Crippen molar-refractivity contribution < 1.29 is 14.9 Å². The number of fused-ring (bicyclic) bond motifs is 5. The minimum atomic E-state index is -0.300. The third kappa shape index (κ3) is 4.24. The summed E-state index contributed by atoms with van der Waals surface area (Å²) >= 11 is 0. The largest absolute Gasteiger partial charge is 0.394 e. The first kappa shape index (κ1) is 24.7. The van der Waals surface area contributed by atoms with Crippen molar-refractivity contribution in [3.63, 3.8) is 0 Å². The Balaban J connectivity index is 1.53. The van der Waals surface area contributed by atoms with Gasteiger partial charge in [-0.1, -0.05) is 65.5 Å². The molecule has 0 aliphatic heterocycles. The zero-order valence-electron chi connectivity index (χ0n) is 21.5. The van der Waals surface area contributed by atoms with E-state index in [-0.39, 0.29) is 24.2 Å². The molecule has 0 aromatic heterocycles. The number of allylic oxidation sites excluding steroid dienone is 1. The highest BCUT2D eigenvalue weighted by Gasteiger charge is 2.61. The van der Waals surface area contributed by atoms with E-state index in [0.717, 1.165) is 36.0 Å². The number of aliphatic hydroxyl groups excluding tert-OH is 2. The Morgan fingerprint density at radius 3 is 2.59 bits per heavy atom. The molecule has 0 radical (unpaired) electrons. The molecule has 4 aliphatic carbocycles. The quantitative estimate of drug-likeness (QED) is 0.426. The van der Waals surface area contributed by atoms with Crippen molar-refractivity contribution in [1.82, 2.24) is 0 Å². The second-order valence-electron chi connectivity index (χ2n) is 12.8. The fourth-order valence-corrected chi connectivity index (χ4v) is 9.14. The lowest BCUT2D eigenvalue weighted by molar-refractivity contribution is -0.134. The molecule has 32 heavy (non-hydrogen) atoms. The normalized spacial score (nSPS) is 44.6. The molecule has 3 saturated carbocycles. The van der Waals surface area contributed by atoms with Gasteiger partial charge in [0.25, 0.3) is 0 Å². The monoisotopic (exact) mass is 446 g/mol. The second kappa shape index (κ2) is 9.70. The van der Waals surface area contributed by atoms with Gasteiger partial charge in [-0.15, -0.1) is 0 Å². The van der Waals surface area contributed by atoms with Crippen molar-refractivity contribution in [3.8, 4) is 0 Å². The summed E-state index contributed by atoms with van der Waals surface area (Å²) in [5.74, 6) is 4.80. The molecule has 0 amide bonds. The Kier molecular flexibility index (Phi) is 7.50. The van der Waals surface area contributed by atoms with E-state index in [4.69, 9.17) is 4.74 Å². The highest BCUT2D eigenvalue weighted by Crippen LogP contribution is 2.67. The molecule has 0 aromatic rings. The molecule has 9 atom stereocenters. The van der Waals surface area contributed by atoms with Crippen molar-refractivity contribution in [2.45, 2.75) is 111 Å². The van der Waals surface area contributed by atoms with Crippen molar-refractivity contribution in [3.05, 3.63) is 11.6 Å². The van der Waals surface area contributed by atoms with E-state index in [1.807, 2.05) is 0 Å². The van der Waals surface area contributed by atoms with E-state index < -0.39 is 0 Å². The standard InChI is InChI=1S/C29H50O3/c1-19(2)7-6-8-20(3)24-11-12-25-23-10-9-21-17-22(31)18-27(32-16-15-30)29(21,5)26(23)13-14-28(24,25)4/h9,19-20,22-27,30-31H,6-8,10-18H2,1-5H3/t20-,22-,23+,24-,25+,26+,27?,28-,29+/m1/s1. The second-order valence-corrected chi connectivity index (χ2v) is 12.8. The molecule has 0 heterocycles. The van der Waals surface area contributed by atoms with Crippen LogP contribution in [0.15, 0.2) is 11.6 Å². The number of ether oxygens (including phenoxy) is 1. The summed E-state index contributed by atoms with van der Waals surface area (Å²) in [6.07, 6.45) is 14.6. The van der Waals surface area contributed by atoms with Crippen LogP contribution < -0.4 is 0 Å². The summed E-state index contributed by atoms with van der Waals surface area (Å²) in [6.45, 7) is 12.8. The lowest BCUT2D eigenvalue weighted by Gasteiger charge is -2.60. The molecule has 3 nitrogen and oxygen atoms in total. The summed E-state index contributed by atoms with van der Waals surface area (Å²) in [4.78, 5) is 0. The summed E-state index contributed by atoms with van der Waals surface area (Å²) in [6, 6.07) is 0. The Morgan fingerprint density at radius 2 is 1.88 bits per heavy atom. The average molecular weight is 447 g/mol. The fraction of sp³-hybridized carbons (Fsp3) is 0.931. The molecular weight excluding hydrogens is 396 g/mol. The van der Waals surface area contributed by atoms with Gasteiger partial charge in [0.15, 0.2) is 0 Å². The van der Waals surface area contributed by atoms with Crippen molar-refractivity contribution in [2.24, 2.45) is 46.3 Å². The maximum atomic E-state index is 10.5. The van der Waals surface area contributed by atoms with Crippen molar-refractivity contribution >= 4 is 0 Å². The smallest absolute Gasteiger partial charge is 0.0701 e. The third-order valence-electron chi connectivity index (χ3n) is 10.8. The SMILES string of the molecule is CC(C)CCC[C@@H](C)[C@H]1CC[C@H]2[C@@H]3CC=C4C[C@@H](O)CC(OCCO)[C@]4(C)[C@H]3CC[C@]12C. The molecular formula is C29H50O3. The van der Waals surface area contributed by atoms with Crippen LogP contribution in [-0.2, 0) is 4.74 Å². The van der Waals surface area contributed by atoms with E-state index in [0.29, 0.717) is 24.4 Å². The number of hydrogen-bond donors (Lipinski definition) is 2.